The average Bonchev–Trinajstić information content (AvgIpc) is 2.72. The zero-order valence-electron chi connectivity index (χ0n) is 15.5. The molecule has 4 rings (SSSR count). The third kappa shape index (κ3) is 3.14. The topological polar surface area (TPSA) is 153 Å². The van der Waals surface area contributed by atoms with Crippen LogP contribution in [-0.2, 0) is 16.7 Å². The Hall–Kier alpha value is -3.53. The van der Waals surface area contributed by atoms with E-state index in [1.165, 1.54) is 12.1 Å². The number of carbonyl (C=O) groups is 2. The lowest BCUT2D eigenvalue weighted by atomic mass is 9.82. The van der Waals surface area contributed by atoms with Crippen molar-refractivity contribution in [1.29, 1.82) is 0 Å². The van der Waals surface area contributed by atoms with Gasteiger partial charge in [-0.1, -0.05) is 36.4 Å². The van der Waals surface area contributed by atoms with Gasteiger partial charge in [-0.25, -0.2) is 0 Å². The van der Waals surface area contributed by atoms with Crippen molar-refractivity contribution in [3.8, 4) is 0 Å². The van der Waals surface area contributed by atoms with E-state index in [2.05, 4.69) is 5.32 Å². The van der Waals surface area contributed by atoms with E-state index >= 15 is 0 Å². The summed E-state index contributed by atoms with van der Waals surface area (Å²) in [7, 11) is -4.76. The number of fused-ring (bicyclic) bond motifs is 2. The predicted molar refractivity (Wildman–Crippen MR) is 112 cm³/mol. The molecule has 0 spiro atoms. The number of anilines is 3. The maximum Gasteiger partial charge on any atom is 0.296 e. The summed E-state index contributed by atoms with van der Waals surface area (Å²) in [5.74, 6) is -1.07. The van der Waals surface area contributed by atoms with Crippen molar-refractivity contribution in [1.82, 2.24) is 0 Å². The summed E-state index contributed by atoms with van der Waals surface area (Å²) in [6, 6.07) is 14.2. The minimum absolute atomic E-state index is 0.0418. The molecule has 0 amide bonds. The molecular formula is C21H17N3O5S. The second-order valence-corrected chi connectivity index (χ2v) is 8.18. The Morgan fingerprint density at radius 1 is 0.900 bits per heavy atom. The van der Waals surface area contributed by atoms with Crippen molar-refractivity contribution >= 4 is 38.7 Å². The van der Waals surface area contributed by atoms with Crippen molar-refractivity contribution in [2.75, 3.05) is 11.1 Å². The van der Waals surface area contributed by atoms with Gasteiger partial charge in [-0.15, -0.1) is 0 Å². The third-order valence-corrected chi connectivity index (χ3v) is 5.84. The van der Waals surface area contributed by atoms with Crippen molar-refractivity contribution < 1.29 is 22.6 Å². The van der Waals surface area contributed by atoms with Gasteiger partial charge < -0.3 is 16.8 Å². The van der Waals surface area contributed by atoms with Crippen LogP contribution in [0.15, 0.2) is 59.5 Å². The zero-order chi connectivity index (χ0) is 21.6. The number of carbonyl (C=O) groups excluding carboxylic acids is 2. The maximum absolute atomic E-state index is 13.2. The van der Waals surface area contributed by atoms with Crippen molar-refractivity contribution in [2.45, 2.75) is 11.4 Å². The molecule has 3 aromatic carbocycles. The number of nitrogen functional groups attached to an aromatic ring is 1. The summed E-state index contributed by atoms with van der Waals surface area (Å²) < 4.78 is 33.4. The number of hydrogen-bond donors (Lipinski definition) is 4. The molecule has 0 bridgehead atoms. The molecule has 0 unspecified atom stereocenters. The van der Waals surface area contributed by atoms with Crippen LogP contribution in [0.2, 0.25) is 0 Å². The number of rotatable bonds is 4. The molecule has 0 saturated carbocycles. The molecule has 0 heterocycles. The van der Waals surface area contributed by atoms with Crippen LogP contribution < -0.4 is 16.8 Å². The Kier molecular flexibility index (Phi) is 4.65. The smallest absolute Gasteiger partial charge is 0.296 e. The molecule has 3 aromatic rings. The van der Waals surface area contributed by atoms with Crippen LogP contribution in [0, 0.1) is 0 Å². The highest BCUT2D eigenvalue weighted by atomic mass is 32.2. The van der Waals surface area contributed by atoms with Gasteiger partial charge >= 0.3 is 0 Å². The summed E-state index contributed by atoms with van der Waals surface area (Å²) >= 11 is 0. The van der Waals surface area contributed by atoms with E-state index in [4.69, 9.17) is 11.5 Å². The van der Waals surface area contributed by atoms with Gasteiger partial charge in [0, 0.05) is 23.4 Å². The van der Waals surface area contributed by atoms with E-state index < -0.39 is 32.3 Å². The van der Waals surface area contributed by atoms with E-state index in [1.54, 1.807) is 36.4 Å². The first-order valence-electron chi connectivity index (χ1n) is 8.90. The van der Waals surface area contributed by atoms with E-state index in [9.17, 15) is 22.6 Å². The number of nitrogens with two attached hydrogens (primary N) is 2. The van der Waals surface area contributed by atoms with Crippen LogP contribution in [0.4, 0.5) is 17.1 Å². The minimum Gasteiger partial charge on any atom is -0.397 e. The van der Waals surface area contributed by atoms with Gasteiger partial charge in [-0.3, -0.25) is 14.1 Å². The first kappa shape index (κ1) is 19.8. The monoisotopic (exact) mass is 423 g/mol. The molecule has 0 radical (unpaired) electrons. The quantitative estimate of drug-likeness (QED) is 0.288. The highest BCUT2D eigenvalue weighted by Gasteiger charge is 2.36. The van der Waals surface area contributed by atoms with Gasteiger partial charge in [0.2, 0.25) is 0 Å². The van der Waals surface area contributed by atoms with Crippen LogP contribution in [0.25, 0.3) is 0 Å². The Morgan fingerprint density at radius 2 is 1.47 bits per heavy atom. The largest absolute Gasteiger partial charge is 0.397 e. The van der Waals surface area contributed by atoms with Crippen LogP contribution in [-0.4, -0.2) is 24.5 Å². The molecule has 8 nitrogen and oxygen atoms in total. The van der Waals surface area contributed by atoms with Gasteiger partial charge in [0.1, 0.15) is 4.90 Å². The summed E-state index contributed by atoms with van der Waals surface area (Å²) in [5, 5.41) is 2.96. The molecule has 1 aliphatic rings. The first-order valence-corrected chi connectivity index (χ1v) is 10.3. The summed E-state index contributed by atoms with van der Waals surface area (Å²) in [6.07, 6.45) is 0. The SMILES string of the molecule is NCc1ccc(Nc2cc(S(=O)(=O)O)c(N)c3c2C(=O)c2ccccc2C3=O)cc1. The molecule has 0 fully saturated rings. The van der Waals surface area contributed by atoms with Crippen molar-refractivity contribution in [3.63, 3.8) is 0 Å². The Balaban J connectivity index is 1.98. The minimum atomic E-state index is -4.76. The van der Waals surface area contributed by atoms with Gasteiger partial charge in [-0.05, 0) is 23.8 Å². The standard InChI is InChI=1S/C21H17N3O5S/c22-10-11-5-7-12(8-6-11)24-15-9-16(30(27,28)29)19(23)18-17(15)20(25)13-3-1-2-4-14(13)21(18)26/h1-9,24H,10,22-23H2,(H,27,28,29). The number of nitrogens with one attached hydrogen (secondary N) is 1. The molecule has 6 N–H and O–H groups in total. The van der Waals surface area contributed by atoms with E-state index in [0.29, 0.717) is 12.2 Å². The predicted octanol–water partition coefficient (Wildman–Crippen LogP) is 2.49. The highest BCUT2D eigenvalue weighted by Crippen LogP contribution is 2.40. The summed E-state index contributed by atoms with van der Waals surface area (Å²) in [4.78, 5) is 25.6. The molecule has 9 heteroatoms. The van der Waals surface area contributed by atoms with Gasteiger partial charge in [0.05, 0.1) is 22.5 Å². The Labute approximate surface area is 172 Å². The summed E-state index contributed by atoms with van der Waals surface area (Å²) in [5.41, 5.74) is 12.5. The average molecular weight is 423 g/mol. The molecule has 152 valence electrons. The van der Waals surface area contributed by atoms with Crippen LogP contribution >= 0.6 is 0 Å². The summed E-state index contributed by atoms with van der Waals surface area (Å²) in [6.45, 7) is 0.341. The van der Waals surface area contributed by atoms with Crippen molar-refractivity contribution in [2.24, 2.45) is 5.73 Å². The normalized spacial score (nSPS) is 13.0. The molecule has 0 aliphatic heterocycles. The Bertz CT molecular complexity index is 1320. The second-order valence-electron chi connectivity index (χ2n) is 6.79. The van der Waals surface area contributed by atoms with Gasteiger partial charge in [0.15, 0.2) is 11.6 Å². The van der Waals surface area contributed by atoms with E-state index in [-0.39, 0.29) is 27.9 Å². The lowest BCUT2D eigenvalue weighted by Crippen LogP contribution is -2.25. The number of benzene rings is 3. The van der Waals surface area contributed by atoms with Gasteiger partial charge in [-0.2, -0.15) is 8.42 Å². The fraction of sp³-hybridized carbons (Fsp3) is 0.0476. The molecule has 30 heavy (non-hydrogen) atoms. The second kappa shape index (κ2) is 7.06. The van der Waals surface area contributed by atoms with E-state index in [0.717, 1.165) is 11.6 Å². The fourth-order valence-corrected chi connectivity index (χ4v) is 4.13. The molecule has 0 saturated heterocycles. The van der Waals surface area contributed by atoms with Gasteiger partial charge in [0.25, 0.3) is 10.1 Å². The highest BCUT2D eigenvalue weighted by molar-refractivity contribution is 7.86. The van der Waals surface area contributed by atoms with Crippen LogP contribution in [0.5, 0.6) is 0 Å². The first-order chi connectivity index (χ1) is 14.2. The lowest BCUT2D eigenvalue weighted by Gasteiger charge is -2.23. The van der Waals surface area contributed by atoms with Crippen LogP contribution in [0.3, 0.4) is 0 Å². The van der Waals surface area contributed by atoms with E-state index in [1.807, 2.05) is 0 Å². The van der Waals surface area contributed by atoms with Crippen molar-refractivity contribution in [3.05, 3.63) is 82.4 Å². The Morgan fingerprint density at radius 3 is 2.00 bits per heavy atom. The molecule has 0 aromatic heterocycles. The lowest BCUT2D eigenvalue weighted by molar-refractivity contribution is 0.0980. The molecular weight excluding hydrogens is 406 g/mol. The molecule has 1 aliphatic carbocycles. The van der Waals surface area contributed by atoms with Crippen LogP contribution in [0.1, 0.15) is 37.4 Å². The number of ketones is 2. The fourth-order valence-electron chi connectivity index (χ4n) is 3.49. The zero-order valence-corrected chi connectivity index (χ0v) is 16.4. The maximum atomic E-state index is 13.2. The third-order valence-electron chi connectivity index (χ3n) is 4.95. The molecule has 0 atom stereocenters. The number of hydrogen-bond acceptors (Lipinski definition) is 7.